The number of nitrogens with two attached hydrogens (primary N) is 1. The summed E-state index contributed by atoms with van der Waals surface area (Å²) in [5.74, 6) is 0. The van der Waals surface area contributed by atoms with Gasteiger partial charge >= 0.3 is 0 Å². The quantitative estimate of drug-likeness (QED) is 0.884. The molecule has 2 rings (SSSR count). The van der Waals surface area contributed by atoms with Crippen LogP contribution in [0, 0.1) is 0 Å². The minimum atomic E-state index is -3.97. The minimum Gasteiger partial charge on any atom is -0.225 e. The van der Waals surface area contributed by atoms with Crippen molar-refractivity contribution >= 4 is 20.0 Å². The van der Waals surface area contributed by atoms with Crippen LogP contribution in [0.1, 0.15) is 18.5 Å². The number of rotatable bonds is 5. The van der Waals surface area contributed by atoms with Crippen molar-refractivity contribution in [3.63, 3.8) is 0 Å². The van der Waals surface area contributed by atoms with Crippen LogP contribution in [-0.2, 0) is 20.0 Å². The Bertz CT molecular complexity index is 894. The van der Waals surface area contributed by atoms with Crippen LogP contribution in [0.3, 0.4) is 0 Å². The third kappa shape index (κ3) is 3.78. The molecule has 2 aromatic carbocycles. The van der Waals surface area contributed by atoms with Gasteiger partial charge in [0.15, 0.2) is 0 Å². The van der Waals surface area contributed by atoms with Gasteiger partial charge in [-0.1, -0.05) is 36.4 Å². The maximum atomic E-state index is 12.7. The topological polar surface area (TPSA) is 97.5 Å². The van der Waals surface area contributed by atoms with Gasteiger partial charge < -0.3 is 0 Å². The van der Waals surface area contributed by atoms with Gasteiger partial charge in [-0.15, -0.1) is 0 Å². The molecular weight excluding hydrogens is 336 g/mol. The Morgan fingerprint density at radius 2 is 1.48 bits per heavy atom. The van der Waals surface area contributed by atoms with Gasteiger partial charge in [-0.25, -0.2) is 22.0 Å². The average Bonchev–Trinajstić information content (AvgIpc) is 2.53. The standard InChI is InChI=1S/C15H18N2O4S2/c1-12(13-7-4-3-5-8-13)17(2)23(20,21)15-10-6-9-14(11-15)22(16,18)19/h3-12H,1-2H3,(H2,16,18,19)/t12-/m0/s1. The van der Waals surface area contributed by atoms with E-state index in [9.17, 15) is 16.8 Å². The van der Waals surface area contributed by atoms with E-state index in [0.717, 1.165) is 11.6 Å². The Kier molecular flexibility index (Phi) is 4.90. The van der Waals surface area contributed by atoms with E-state index in [0.29, 0.717) is 0 Å². The lowest BCUT2D eigenvalue weighted by atomic mass is 10.1. The second kappa shape index (κ2) is 6.40. The highest BCUT2D eigenvalue weighted by Gasteiger charge is 2.27. The predicted molar refractivity (Wildman–Crippen MR) is 87.6 cm³/mol. The molecule has 0 bridgehead atoms. The molecule has 0 radical (unpaired) electrons. The molecule has 1 atom stereocenters. The molecule has 0 saturated carbocycles. The summed E-state index contributed by atoms with van der Waals surface area (Å²) in [5, 5.41) is 5.06. The first kappa shape index (κ1) is 17.6. The predicted octanol–water partition coefficient (Wildman–Crippen LogP) is 1.72. The molecule has 0 heterocycles. The van der Waals surface area contributed by atoms with Crippen molar-refractivity contribution in [1.82, 2.24) is 4.31 Å². The van der Waals surface area contributed by atoms with Gasteiger partial charge in [0.2, 0.25) is 20.0 Å². The number of nitrogens with zero attached hydrogens (tertiary/aromatic N) is 1. The summed E-state index contributed by atoms with van der Waals surface area (Å²) in [6.45, 7) is 1.76. The molecule has 0 aliphatic rings. The maximum absolute atomic E-state index is 12.7. The van der Waals surface area contributed by atoms with E-state index in [2.05, 4.69) is 0 Å². The van der Waals surface area contributed by atoms with E-state index in [4.69, 9.17) is 5.14 Å². The van der Waals surface area contributed by atoms with Crippen LogP contribution in [0.5, 0.6) is 0 Å². The first-order chi connectivity index (χ1) is 10.6. The molecule has 0 aromatic heterocycles. The smallest absolute Gasteiger partial charge is 0.225 e. The summed E-state index contributed by atoms with van der Waals surface area (Å²) >= 11 is 0. The van der Waals surface area contributed by atoms with E-state index in [1.54, 1.807) is 6.92 Å². The fourth-order valence-corrected chi connectivity index (χ4v) is 4.16. The number of hydrogen-bond acceptors (Lipinski definition) is 4. The summed E-state index contributed by atoms with van der Waals surface area (Å²) in [6, 6.07) is 13.8. The molecule has 0 aliphatic carbocycles. The van der Waals surface area contributed by atoms with Gasteiger partial charge in [-0.2, -0.15) is 4.31 Å². The Hall–Kier alpha value is -1.74. The molecule has 23 heavy (non-hydrogen) atoms. The van der Waals surface area contributed by atoms with Gasteiger partial charge in [0.1, 0.15) is 0 Å². The lowest BCUT2D eigenvalue weighted by molar-refractivity contribution is 0.398. The molecule has 8 heteroatoms. The second-order valence-electron chi connectivity index (χ2n) is 5.13. The molecule has 0 spiro atoms. The zero-order valence-corrected chi connectivity index (χ0v) is 14.4. The molecule has 0 saturated heterocycles. The summed E-state index contributed by atoms with van der Waals surface area (Å²) < 4.78 is 49.4. The van der Waals surface area contributed by atoms with E-state index in [1.807, 2.05) is 30.3 Å². The lowest BCUT2D eigenvalue weighted by Gasteiger charge is -2.24. The van der Waals surface area contributed by atoms with Crippen LogP contribution in [0.25, 0.3) is 0 Å². The van der Waals surface area contributed by atoms with Crippen molar-refractivity contribution in [2.45, 2.75) is 22.8 Å². The number of primary sulfonamides is 1. The summed E-state index contributed by atoms with van der Waals surface area (Å²) in [5.41, 5.74) is 0.834. The monoisotopic (exact) mass is 354 g/mol. The SMILES string of the molecule is C[C@@H](c1ccccc1)N(C)S(=O)(=O)c1cccc(S(N)(=O)=O)c1. The van der Waals surface area contributed by atoms with Crippen molar-refractivity contribution in [2.24, 2.45) is 5.14 Å². The van der Waals surface area contributed by atoms with Crippen LogP contribution >= 0.6 is 0 Å². The largest absolute Gasteiger partial charge is 0.243 e. The van der Waals surface area contributed by atoms with Crippen LogP contribution in [-0.4, -0.2) is 28.2 Å². The first-order valence-corrected chi connectivity index (χ1v) is 9.78. The van der Waals surface area contributed by atoms with Gasteiger partial charge in [0.25, 0.3) is 0 Å². The molecule has 6 nitrogen and oxygen atoms in total. The van der Waals surface area contributed by atoms with E-state index < -0.39 is 26.1 Å². The highest BCUT2D eigenvalue weighted by molar-refractivity contribution is 7.90. The van der Waals surface area contributed by atoms with E-state index in [1.165, 1.54) is 29.6 Å². The second-order valence-corrected chi connectivity index (χ2v) is 8.69. The molecule has 0 fully saturated rings. The molecule has 124 valence electrons. The van der Waals surface area contributed by atoms with Gasteiger partial charge in [-0.05, 0) is 30.7 Å². The maximum Gasteiger partial charge on any atom is 0.243 e. The van der Waals surface area contributed by atoms with Crippen molar-refractivity contribution in [3.05, 3.63) is 60.2 Å². The van der Waals surface area contributed by atoms with Crippen molar-refractivity contribution in [2.75, 3.05) is 7.05 Å². The first-order valence-electron chi connectivity index (χ1n) is 6.80. The molecular formula is C15H18N2O4S2. The fourth-order valence-electron chi connectivity index (χ4n) is 2.13. The Balaban J connectivity index is 2.42. The van der Waals surface area contributed by atoms with Crippen LogP contribution in [0.2, 0.25) is 0 Å². The molecule has 0 unspecified atom stereocenters. The Morgan fingerprint density at radius 3 is 2.04 bits per heavy atom. The van der Waals surface area contributed by atoms with Gasteiger partial charge in [0.05, 0.1) is 9.79 Å². The molecule has 2 N–H and O–H groups in total. The third-order valence-electron chi connectivity index (χ3n) is 3.64. The highest BCUT2D eigenvalue weighted by Crippen LogP contribution is 2.26. The third-order valence-corrected chi connectivity index (χ3v) is 6.47. The summed E-state index contributed by atoms with van der Waals surface area (Å²) in [7, 11) is -6.37. The van der Waals surface area contributed by atoms with Crippen molar-refractivity contribution in [3.8, 4) is 0 Å². The van der Waals surface area contributed by atoms with Gasteiger partial charge in [-0.3, -0.25) is 0 Å². The van der Waals surface area contributed by atoms with E-state index in [-0.39, 0.29) is 9.79 Å². The highest BCUT2D eigenvalue weighted by atomic mass is 32.2. The summed E-state index contributed by atoms with van der Waals surface area (Å²) in [6.07, 6.45) is 0. The van der Waals surface area contributed by atoms with Crippen molar-refractivity contribution in [1.29, 1.82) is 0 Å². The Morgan fingerprint density at radius 1 is 0.913 bits per heavy atom. The molecule has 0 aliphatic heterocycles. The fraction of sp³-hybridized carbons (Fsp3) is 0.200. The molecule has 2 aromatic rings. The number of hydrogen-bond donors (Lipinski definition) is 1. The lowest BCUT2D eigenvalue weighted by Crippen LogP contribution is -2.30. The zero-order chi connectivity index (χ0) is 17.3. The minimum absolute atomic E-state index is 0.116. The van der Waals surface area contributed by atoms with Crippen LogP contribution < -0.4 is 5.14 Å². The normalized spacial score (nSPS) is 13.9. The van der Waals surface area contributed by atoms with Crippen LogP contribution in [0.4, 0.5) is 0 Å². The average molecular weight is 354 g/mol. The van der Waals surface area contributed by atoms with Gasteiger partial charge in [0, 0.05) is 13.1 Å². The van der Waals surface area contributed by atoms with E-state index >= 15 is 0 Å². The van der Waals surface area contributed by atoms with Crippen molar-refractivity contribution < 1.29 is 16.8 Å². The Labute approximate surface area is 136 Å². The zero-order valence-electron chi connectivity index (χ0n) is 12.7. The number of benzene rings is 2. The summed E-state index contributed by atoms with van der Waals surface area (Å²) in [4.78, 5) is -0.353. The molecule has 0 amide bonds. The van der Waals surface area contributed by atoms with Crippen LogP contribution in [0.15, 0.2) is 64.4 Å². The number of sulfonamides is 2.